The first kappa shape index (κ1) is 22.6. The lowest BCUT2D eigenvalue weighted by Crippen LogP contribution is -2.49. The van der Waals surface area contributed by atoms with Gasteiger partial charge in [-0.25, -0.2) is 4.79 Å². The average molecular weight is 499 g/mol. The first-order valence-electron chi connectivity index (χ1n) is 13.4. The summed E-state index contributed by atoms with van der Waals surface area (Å²) in [5.74, 6) is 1.37. The highest BCUT2D eigenvalue weighted by molar-refractivity contribution is 6.00. The maximum atomic E-state index is 13.5. The molecule has 5 heterocycles. The zero-order valence-electron chi connectivity index (χ0n) is 21.3. The molecule has 190 valence electrons. The summed E-state index contributed by atoms with van der Waals surface area (Å²) in [6.07, 6.45) is 5.23. The summed E-state index contributed by atoms with van der Waals surface area (Å²) >= 11 is 0. The Morgan fingerprint density at radius 1 is 0.973 bits per heavy atom. The number of amides is 1. The Hall–Kier alpha value is -3.61. The maximum absolute atomic E-state index is 13.5. The molecule has 0 N–H and O–H groups in total. The molecule has 0 radical (unpaired) electrons. The third kappa shape index (κ3) is 3.43. The number of aryl methyl sites for hydroxylation is 4. The molecule has 0 spiro atoms. The van der Waals surface area contributed by atoms with E-state index < -0.39 is 5.63 Å². The van der Waals surface area contributed by atoms with Gasteiger partial charge in [-0.3, -0.25) is 9.59 Å². The van der Waals surface area contributed by atoms with Crippen LogP contribution in [0.2, 0.25) is 0 Å². The molecule has 3 aliphatic rings. The topological polar surface area (TPSA) is 85.7 Å². The minimum atomic E-state index is -0.453. The number of aromatic nitrogens is 1. The van der Waals surface area contributed by atoms with Crippen molar-refractivity contribution in [2.24, 2.45) is 5.92 Å². The van der Waals surface area contributed by atoms with Gasteiger partial charge in [0.05, 0.1) is 12.0 Å². The number of furan rings is 1. The summed E-state index contributed by atoms with van der Waals surface area (Å²) in [5, 5.41) is 1.98. The van der Waals surface area contributed by atoms with Crippen molar-refractivity contribution in [1.29, 1.82) is 0 Å². The van der Waals surface area contributed by atoms with Crippen LogP contribution in [0.15, 0.2) is 42.7 Å². The lowest BCUT2D eigenvalue weighted by atomic mass is 9.83. The zero-order valence-corrected chi connectivity index (χ0v) is 21.3. The van der Waals surface area contributed by atoms with Crippen LogP contribution in [0, 0.1) is 19.8 Å². The van der Waals surface area contributed by atoms with Crippen molar-refractivity contribution in [2.45, 2.75) is 64.8 Å². The van der Waals surface area contributed by atoms with Gasteiger partial charge in [0.25, 0.3) is 5.56 Å². The lowest BCUT2D eigenvalue weighted by molar-refractivity contribution is -0.133. The summed E-state index contributed by atoms with van der Waals surface area (Å²) in [6, 6.07) is 7.49. The Morgan fingerprint density at radius 3 is 2.65 bits per heavy atom. The molecule has 0 unspecified atom stereocenters. The van der Waals surface area contributed by atoms with E-state index in [1.807, 2.05) is 29.4 Å². The highest BCUT2D eigenvalue weighted by atomic mass is 16.4. The van der Waals surface area contributed by atoms with Crippen LogP contribution in [-0.4, -0.2) is 28.5 Å². The predicted molar refractivity (Wildman–Crippen MR) is 140 cm³/mol. The number of likely N-dealkylation sites (tertiary alicyclic amines) is 1. The van der Waals surface area contributed by atoms with Gasteiger partial charge >= 0.3 is 5.63 Å². The molecule has 3 aromatic heterocycles. The van der Waals surface area contributed by atoms with Crippen molar-refractivity contribution in [3.8, 4) is 0 Å². The average Bonchev–Trinajstić information content (AvgIpc) is 3.27. The molecule has 7 rings (SSSR count). The van der Waals surface area contributed by atoms with Crippen LogP contribution < -0.4 is 11.2 Å². The number of benzene rings is 1. The fourth-order valence-corrected chi connectivity index (χ4v) is 6.98. The Balaban J connectivity index is 1.24. The van der Waals surface area contributed by atoms with E-state index in [0.717, 1.165) is 71.0 Å². The van der Waals surface area contributed by atoms with E-state index in [1.165, 1.54) is 5.56 Å². The predicted octanol–water partition coefficient (Wildman–Crippen LogP) is 4.38. The highest BCUT2D eigenvalue weighted by Crippen LogP contribution is 2.38. The number of piperidine rings is 1. The minimum Gasteiger partial charge on any atom is -0.460 e. The second-order valence-electron chi connectivity index (χ2n) is 11.1. The standard InChI is InChI=1S/C30H30N2O5/c1-16-21-11-23-20-6-3-4-8-25(20)36-29(23)17(2)28(21)37-30(35)22(16)12-27(34)31-13-18-10-19(15-31)24-7-5-9-26(33)32(24)14-18/h5,7,9,11,18-19H,3-4,6,8,10,12-15H2,1-2H3/t18-,19+/m0/s1. The Labute approximate surface area is 213 Å². The van der Waals surface area contributed by atoms with Crippen LogP contribution in [0.4, 0.5) is 0 Å². The van der Waals surface area contributed by atoms with E-state index in [9.17, 15) is 14.4 Å². The van der Waals surface area contributed by atoms with E-state index in [1.54, 1.807) is 12.1 Å². The second-order valence-corrected chi connectivity index (χ2v) is 11.1. The van der Waals surface area contributed by atoms with Gasteiger partial charge in [0.1, 0.15) is 16.9 Å². The van der Waals surface area contributed by atoms with Crippen LogP contribution in [0.1, 0.15) is 58.9 Å². The van der Waals surface area contributed by atoms with Gasteiger partial charge in [0.15, 0.2) is 0 Å². The number of nitrogens with zero attached hydrogens (tertiary/aromatic N) is 2. The summed E-state index contributed by atoms with van der Waals surface area (Å²) in [7, 11) is 0. The minimum absolute atomic E-state index is 0.0196. The monoisotopic (exact) mass is 498 g/mol. The van der Waals surface area contributed by atoms with Gasteiger partial charge in [-0.1, -0.05) is 6.07 Å². The second kappa shape index (κ2) is 8.20. The number of fused-ring (bicyclic) bond motifs is 8. The van der Waals surface area contributed by atoms with Crippen LogP contribution in [0.3, 0.4) is 0 Å². The smallest absolute Gasteiger partial charge is 0.340 e. The SMILES string of the molecule is Cc1c(CC(=O)N2C[C@@H]3C[C@H](C2)c2cccc(=O)n2C3)c(=O)oc2c(C)c3oc4c(c3cc12)CCCC4. The molecular formula is C30H30N2O5. The van der Waals surface area contributed by atoms with E-state index in [-0.39, 0.29) is 29.7 Å². The Kier molecular flexibility index (Phi) is 5.00. The van der Waals surface area contributed by atoms with Gasteiger partial charge in [-0.05, 0) is 63.1 Å². The molecule has 1 aliphatic carbocycles. The lowest BCUT2D eigenvalue weighted by Gasteiger charge is -2.42. The molecule has 4 aromatic rings. The largest absolute Gasteiger partial charge is 0.460 e. The first-order chi connectivity index (χ1) is 17.9. The van der Waals surface area contributed by atoms with E-state index in [2.05, 4.69) is 6.07 Å². The zero-order chi connectivity index (χ0) is 25.4. The molecule has 7 nitrogen and oxygen atoms in total. The molecular weight excluding hydrogens is 468 g/mol. The van der Waals surface area contributed by atoms with Gasteiger partial charge in [-0.2, -0.15) is 0 Å². The van der Waals surface area contributed by atoms with Gasteiger partial charge in [0.2, 0.25) is 5.91 Å². The van der Waals surface area contributed by atoms with Crippen molar-refractivity contribution in [2.75, 3.05) is 13.1 Å². The Morgan fingerprint density at radius 2 is 1.78 bits per heavy atom. The fraction of sp³-hybridized carbons (Fsp3) is 0.433. The first-order valence-corrected chi connectivity index (χ1v) is 13.4. The molecule has 1 amide bonds. The van der Waals surface area contributed by atoms with Crippen molar-refractivity contribution >= 4 is 27.8 Å². The van der Waals surface area contributed by atoms with E-state index in [0.29, 0.717) is 30.8 Å². The molecule has 1 fully saturated rings. The molecule has 2 atom stereocenters. The summed E-state index contributed by atoms with van der Waals surface area (Å²) in [4.78, 5) is 40.9. The molecule has 0 saturated carbocycles. The maximum Gasteiger partial charge on any atom is 0.340 e. The normalized spacial score (nSPS) is 20.8. The quantitative estimate of drug-likeness (QED) is 0.383. The van der Waals surface area contributed by atoms with Crippen LogP contribution in [0.25, 0.3) is 21.9 Å². The van der Waals surface area contributed by atoms with Crippen LogP contribution in [-0.2, 0) is 30.6 Å². The van der Waals surface area contributed by atoms with Crippen molar-refractivity contribution < 1.29 is 13.6 Å². The van der Waals surface area contributed by atoms with Crippen molar-refractivity contribution in [3.63, 3.8) is 0 Å². The molecule has 37 heavy (non-hydrogen) atoms. The van der Waals surface area contributed by atoms with Gasteiger partial charge < -0.3 is 18.3 Å². The van der Waals surface area contributed by atoms with E-state index >= 15 is 0 Å². The molecule has 1 aromatic carbocycles. The molecule has 2 aliphatic heterocycles. The summed E-state index contributed by atoms with van der Waals surface area (Å²) < 4.78 is 13.9. The third-order valence-corrected chi connectivity index (χ3v) is 8.88. The number of hydrogen-bond acceptors (Lipinski definition) is 5. The third-order valence-electron chi connectivity index (χ3n) is 8.88. The summed E-state index contributed by atoms with van der Waals surface area (Å²) in [5.41, 5.74) is 5.30. The number of carbonyl (C=O) groups excluding carboxylic acids is 1. The number of pyridine rings is 1. The van der Waals surface area contributed by atoms with Crippen LogP contribution >= 0.6 is 0 Å². The molecule has 7 heteroatoms. The van der Waals surface area contributed by atoms with Gasteiger partial charge in [0, 0.05) is 65.6 Å². The number of rotatable bonds is 2. The van der Waals surface area contributed by atoms with E-state index in [4.69, 9.17) is 8.83 Å². The van der Waals surface area contributed by atoms with Crippen molar-refractivity contribution in [1.82, 2.24) is 9.47 Å². The van der Waals surface area contributed by atoms with Crippen molar-refractivity contribution in [3.05, 3.63) is 78.7 Å². The Bertz CT molecular complexity index is 1720. The molecule has 2 bridgehead atoms. The van der Waals surface area contributed by atoms with Crippen LogP contribution in [0.5, 0.6) is 0 Å². The molecule has 1 saturated heterocycles. The fourth-order valence-electron chi connectivity index (χ4n) is 6.98. The highest BCUT2D eigenvalue weighted by Gasteiger charge is 2.36. The number of carbonyl (C=O) groups is 1. The number of hydrogen-bond donors (Lipinski definition) is 0. The van der Waals surface area contributed by atoms with Gasteiger partial charge in [-0.15, -0.1) is 0 Å². The summed E-state index contributed by atoms with van der Waals surface area (Å²) in [6.45, 7) is 5.68.